The van der Waals surface area contributed by atoms with Crippen LogP contribution in [0.3, 0.4) is 0 Å². The lowest BCUT2D eigenvalue weighted by Gasteiger charge is -2.47. The molecule has 14 nitrogen and oxygen atoms in total. The molecular weight excluding hydrogens is 802 g/mol. The molecule has 2 aliphatic heterocycles. The molecule has 1 saturated carbocycles. The number of alkyl halides is 1. The molecule has 0 atom stereocenters. The molecule has 4 aliphatic rings. The number of nitrogens with zero attached hydrogens (tertiary/aromatic N) is 4. The molecule has 1 spiro atoms. The number of aromatic amines is 1. The maximum Gasteiger partial charge on any atom is 0.293 e. The van der Waals surface area contributed by atoms with E-state index in [-0.39, 0.29) is 49.6 Å². The highest BCUT2D eigenvalue weighted by Gasteiger charge is 2.40. The average molecular weight is 856 g/mol. The smallest absolute Gasteiger partial charge is 0.293 e. The Labute approximate surface area is 355 Å². The first-order chi connectivity index (χ1) is 29.3. The number of ether oxygens (including phenoxy) is 2. The Morgan fingerprint density at radius 2 is 1.84 bits per heavy atom. The van der Waals surface area contributed by atoms with Crippen molar-refractivity contribution in [1.82, 2.24) is 19.6 Å². The largest absolute Gasteiger partial charge is 0.455 e. The van der Waals surface area contributed by atoms with Crippen LogP contribution in [-0.2, 0) is 14.8 Å². The van der Waals surface area contributed by atoms with Gasteiger partial charge in [-0.2, -0.15) is 0 Å². The van der Waals surface area contributed by atoms with E-state index in [0.717, 1.165) is 68.8 Å². The van der Waals surface area contributed by atoms with Crippen molar-refractivity contribution < 1.29 is 32.0 Å². The number of sulfonamides is 1. The Morgan fingerprint density at radius 1 is 1.05 bits per heavy atom. The number of amides is 1. The molecule has 8 rings (SSSR count). The van der Waals surface area contributed by atoms with Gasteiger partial charge in [-0.15, -0.1) is 6.58 Å². The van der Waals surface area contributed by atoms with Crippen molar-refractivity contribution in [2.45, 2.75) is 81.7 Å². The van der Waals surface area contributed by atoms with Crippen molar-refractivity contribution in [3.05, 3.63) is 99.9 Å². The number of pyridine rings is 1. The molecule has 324 valence electrons. The fourth-order valence-electron chi connectivity index (χ4n) is 9.08. The first-order valence-electron chi connectivity index (χ1n) is 21.2. The number of carbonyl (C=O) groups excluding carboxylic acids is 1. The van der Waals surface area contributed by atoms with Crippen LogP contribution in [0.4, 0.5) is 21.5 Å². The van der Waals surface area contributed by atoms with E-state index >= 15 is 4.39 Å². The van der Waals surface area contributed by atoms with Gasteiger partial charge >= 0.3 is 0 Å². The fourth-order valence-corrected chi connectivity index (χ4v) is 10.1. The van der Waals surface area contributed by atoms with Crippen molar-refractivity contribution in [3.63, 3.8) is 0 Å². The Kier molecular flexibility index (Phi) is 12.2. The maximum absolute atomic E-state index is 15.2. The van der Waals surface area contributed by atoms with Crippen molar-refractivity contribution in [3.8, 4) is 11.5 Å². The summed E-state index contributed by atoms with van der Waals surface area (Å²) >= 11 is 0. The van der Waals surface area contributed by atoms with Crippen LogP contribution >= 0.6 is 0 Å². The number of rotatable bonds is 15. The third-order valence-electron chi connectivity index (χ3n) is 13.0. The molecule has 4 heterocycles. The van der Waals surface area contributed by atoms with Gasteiger partial charge in [0.25, 0.3) is 21.6 Å². The number of nitrogens with one attached hydrogen (secondary N) is 3. The number of aromatic nitrogens is 2. The lowest BCUT2D eigenvalue weighted by Crippen LogP contribution is -2.47. The second-order valence-corrected chi connectivity index (χ2v) is 19.0. The second-order valence-electron chi connectivity index (χ2n) is 17.3. The summed E-state index contributed by atoms with van der Waals surface area (Å²) in [5, 5.41) is 15.6. The predicted octanol–water partition coefficient (Wildman–Crippen LogP) is 8.44. The molecule has 0 bridgehead atoms. The predicted molar refractivity (Wildman–Crippen MR) is 233 cm³/mol. The molecule has 2 saturated heterocycles. The number of halogens is 1. The van der Waals surface area contributed by atoms with Crippen LogP contribution in [0, 0.1) is 15.5 Å². The number of carbonyl (C=O) groups is 1. The van der Waals surface area contributed by atoms with Gasteiger partial charge in [0.05, 0.1) is 21.6 Å². The molecule has 0 radical (unpaired) electrons. The van der Waals surface area contributed by atoms with Crippen LogP contribution in [0.5, 0.6) is 11.5 Å². The molecule has 2 aromatic heterocycles. The fraction of sp³-hybridized carbons (Fsp3) is 0.467. The minimum Gasteiger partial charge on any atom is -0.455 e. The normalized spacial score (nSPS) is 19.1. The number of nitro groups is 1. The van der Waals surface area contributed by atoms with E-state index in [9.17, 15) is 23.3 Å². The summed E-state index contributed by atoms with van der Waals surface area (Å²) in [5.41, 5.74) is 4.16. The van der Waals surface area contributed by atoms with Gasteiger partial charge < -0.3 is 24.7 Å². The van der Waals surface area contributed by atoms with E-state index in [1.54, 1.807) is 35.5 Å². The van der Waals surface area contributed by atoms with Crippen LogP contribution in [-0.4, -0.2) is 92.3 Å². The van der Waals surface area contributed by atoms with Gasteiger partial charge in [-0.1, -0.05) is 23.1 Å². The van der Waals surface area contributed by atoms with Gasteiger partial charge in [-0.3, -0.25) is 19.8 Å². The number of hydrogen-bond donors (Lipinski definition) is 3. The zero-order valence-electron chi connectivity index (χ0n) is 34.6. The van der Waals surface area contributed by atoms with Crippen LogP contribution in [0.15, 0.2) is 89.1 Å². The topological polar surface area (TPSA) is 172 Å². The number of H-pyrrole nitrogens is 1. The van der Waals surface area contributed by atoms with E-state index in [1.807, 2.05) is 6.07 Å². The second kappa shape index (κ2) is 17.6. The summed E-state index contributed by atoms with van der Waals surface area (Å²) in [6.07, 6.45) is 13.4. The van der Waals surface area contributed by atoms with Crippen molar-refractivity contribution in [2.75, 3.05) is 62.7 Å². The van der Waals surface area contributed by atoms with E-state index in [4.69, 9.17) is 9.47 Å². The van der Waals surface area contributed by atoms with E-state index in [2.05, 4.69) is 43.3 Å². The number of benzene rings is 2. The summed E-state index contributed by atoms with van der Waals surface area (Å²) in [7, 11) is -4.62. The van der Waals surface area contributed by atoms with E-state index in [0.29, 0.717) is 16.8 Å². The van der Waals surface area contributed by atoms with E-state index < -0.39 is 37.1 Å². The lowest BCUT2D eigenvalue weighted by molar-refractivity contribution is -0.384. The standard InChI is InChI=1S/C45H54FN7O7S/c1-31(2)4-5-33-27-44(12-3-13-44)14-10-34(33)29-51-18-20-52(21-19-51)35-6-8-38(41(25-35)60-36-24-32-11-17-47-42(32)48-28-36)43(54)50-61(57,58)37-7-9-39(40(26-37)53(55)56)49-30-45(46)15-22-59-23-16-45/h6-9,11,17,24-26,28,49H,1,3-5,10,12-16,18-23,27,29-30H2,2H3,(H,47,48)(H,50,54). The SMILES string of the molecule is C=C(C)CCC1=C(CN2CCN(c3ccc(C(=O)NS(=O)(=O)c4ccc(NCC5(F)CCOCC5)c([N+](=O)[O-])c4)c(Oc4cnc5[nH]ccc5c4)c3)CC2)CCC2(CCC2)C1. The highest BCUT2D eigenvalue weighted by molar-refractivity contribution is 7.90. The van der Waals surface area contributed by atoms with Crippen molar-refractivity contribution >= 4 is 44.0 Å². The summed E-state index contributed by atoms with van der Waals surface area (Å²) in [6, 6.07) is 11.8. The average Bonchev–Trinajstić information content (AvgIpc) is 3.70. The molecule has 3 N–H and O–H groups in total. The molecule has 4 aromatic rings. The number of piperazine rings is 1. The van der Waals surface area contributed by atoms with Crippen LogP contribution in [0.25, 0.3) is 11.0 Å². The number of allylic oxidation sites excluding steroid dienone is 2. The molecule has 3 fully saturated rings. The van der Waals surface area contributed by atoms with Crippen LogP contribution in [0.1, 0.15) is 81.5 Å². The van der Waals surface area contributed by atoms with Crippen molar-refractivity contribution in [2.24, 2.45) is 5.41 Å². The van der Waals surface area contributed by atoms with Gasteiger partial charge in [0.15, 0.2) is 0 Å². The summed E-state index contributed by atoms with van der Waals surface area (Å²) < 4.78 is 56.1. The highest BCUT2D eigenvalue weighted by atomic mass is 32.2. The number of anilines is 2. The Bertz CT molecular complexity index is 2450. The molecule has 2 aromatic carbocycles. The Morgan fingerprint density at radius 3 is 2.56 bits per heavy atom. The van der Waals surface area contributed by atoms with Gasteiger partial charge in [0.1, 0.15) is 28.5 Å². The molecule has 16 heteroatoms. The van der Waals surface area contributed by atoms with E-state index in [1.165, 1.54) is 62.4 Å². The van der Waals surface area contributed by atoms with Crippen LogP contribution < -0.4 is 19.7 Å². The first kappa shape index (κ1) is 42.4. The summed E-state index contributed by atoms with van der Waals surface area (Å²) in [6.45, 7) is 10.7. The lowest BCUT2D eigenvalue weighted by atomic mass is 9.59. The van der Waals surface area contributed by atoms with Gasteiger partial charge in [-0.05, 0) is 93.7 Å². The summed E-state index contributed by atoms with van der Waals surface area (Å²) in [5.74, 6) is -0.535. The first-order valence-corrected chi connectivity index (χ1v) is 22.7. The number of nitro benzene ring substituents is 1. The van der Waals surface area contributed by atoms with Crippen molar-refractivity contribution in [1.29, 1.82) is 0 Å². The molecule has 1 amide bonds. The maximum atomic E-state index is 15.2. The molecular formula is C45H54FN7O7S. The molecule has 2 aliphatic carbocycles. The Hall–Kier alpha value is -5.32. The number of fused-ring (bicyclic) bond motifs is 1. The third-order valence-corrected chi connectivity index (χ3v) is 14.3. The van der Waals surface area contributed by atoms with Gasteiger partial charge in [0, 0.05) is 94.7 Å². The molecule has 61 heavy (non-hydrogen) atoms. The Balaban J connectivity index is 0.990. The minimum absolute atomic E-state index is 0.0461. The zero-order valence-corrected chi connectivity index (χ0v) is 35.5. The zero-order chi connectivity index (χ0) is 42.8. The highest BCUT2D eigenvalue weighted by Crippen LogP contribution is 2.54. The van der Waals surface area contributed by atoms with Gasteiger partial charge in [-0.25, -0.2) is 22.5 Å². The van der Waals surface area contributed by atoms with Crippen LogP contribution in [0.2, 0.25) is 0 Å². The third kappa shape index (κ3) is 9.76. The van der Waals surface area contributed by atoms with Gasteiger partial charge in [0.2, 0.25) is 0 Å². The quantitative estimate of drug-likeness (QED) is 0.0595. The summed E-state index contributed by atoms with van der Waals surface area (Å²) in [4.78, 5) is 36.9. The number of hydrogen-bond acceptors (Lipinski definition) is 11. The monoisotopic (exact) mass is 855 g/mol. The molecule has 0 unspecified atom stereocenters. The minimum atomic E-state index is -4.62.